The van der Waals surface area contributed by atoms with Crippen LogP contribution in [0.3, 0.4) is 0 Å². The van der Waals surface area contributed by atoms with Gasteiger partial charge in [-0.25, -0.2) is 4.79 Å². The maximum atomic E-state index is 12.7. The number of carboxylic acids is 1. The second-order valence-electron chi connectivity index (χ2n) is 6.86. The predicted molar refractivity (Wildman–Crippen MR) is 89.5 cm³/mol. The molecule has 1 aromatic heterocycles. The molecule has 7 heteroatoms. The number of carboxylic acid groups (broad SMARTS) is 1. The molecule has 1 N–H and O–H groups in total. The van der Waals surface area contributed by atoms with E-state index in [0.717, 1.165) is 29.0 Å². The van der Waals surface area contributed by atoms with Crippen molar-refractivity contribution in [1.82, 2.24) is 9.88 Å². The molecule has 1 aliphatic heterocycles. The monoisotopic (exact) mass is 364 g/mol. The van der Waals surface area contributed by atoms with Crippen molar-refractivity contribution in [3.8, 4) is 0 Å². The van der Waals surface area contributed by atoms with Crippen molar-refractivity contribution in [2.75, 3.05) is 0 Å². The first-order chi connectivity index (χ1) is 12.2. The molecule has 3 rings (SSSR count). The van der Waals surface area contributed by atoms with Gasteiger partial charge < -0.3 is 5.11 Å². The fourth-order valence-electron chi connectivity index (χ4n) is 3.45. The van der Waals surface area contributed by atoms with E-state index in [0.29, 0.717) is 13.1 Å². The highest BCUT2D eigenvalue weighted by atomic mass is 19.4. The van der Waals surface area contributed by atoms with Gasteiger partial charge in [-0.1, -0.05) is 26.0 Å². The smallest absolute Gasteiger partial charge is 0.416 e. The zero-order chi connectivity index (χ0) is 19.1. The summed E-state index contributed by atoms with van der Waals surface area (Å²) in [5, 5.41) is 9.14. The quantitative estimate of drug-likeness (QED) is 0.867. The predicted octanol–water partition coefficient (Wildman–Crippen LogP) is 4.51. The van der Waals surface area contributed by atoms with E-state index < -0.39 is 17.7 Å². The Morgan fingerprint density at radius 1 is 1.31 bits per heavy atom. The molecule has 2 aromatic rings. The van der Waals surface area contributed by atoms with E-state index in [-0.39, 0.29) is 17.5 Å². The van der Waals surface area contributed by atoms with Crippen LogP contribution in [-0.4, -0.2) is 21.0 Å². The van der Waals surface area contributed by atoms with Crippen LogP contribution in [0.15, 0.2) is 36.5 Å². The molecule has 0 unspecified atom stereocenters. The molecule has 1 atom stereocenters. The number of hydrogen-bond donors (Lipinski definition) is 1. The summed E-state index contributed by atoms with van der Waals surface area (Å²) < 4.78 is 38.1. The molecular formula is C19H19F3N2O2. The fraction of sp³-hybridized carbons (Fsp3) is 0.368. The third-order valence-corrected chi connectivity index (χ3v) is 4.59. The van der Waals surface area contributed by atoms with Crippen LogP contribution in [0.1, 0.15) is 52.6 Å². The molecule has 26 heavy (non-hydrogen) atoms. The van der Waals surface area contributed by atoms with Crippen molar-refractivity contribution in [2.24, 2.45) is 5.92 Å². The molecule has 138 valence electrons. The number of benzene rings is 1. The molecule has 1 aromatic carbocycles. The van der Waals surface area contributed by atoms with Gasteiger partial charge >= 0.3 is 12.1 Å². The van der Waals surface area contributed by atoms with E-state index in [2.05, 4.69) is 9.88 Å². The number of hydrogen-bond acceptors (Lipinski definition) is 3. The summed E-state index contributed by atoms with van der Waals surface area (Å²) in [5.74, 6) is -0.795. The van der Waals surface area contributed by atoms with Crippen molar-refractivity contribution in [1.29, 1.82) is 0 Å². The molecule has 2 heterocycles. The van der Waals surface area contributed by atoms with Gasteiger partial charge in [0.1, 0.15) is 0 Å². The van der Waals surface area contributed by atoms with Gasteiger partial charge in [-0.15, -0.1) is 0 Å². The largest absolute Gasteiger partial charge is 0.478 e. The number of carbonyl (C=O) groups is 1. The molecular weight excluding hydrogens is 345 g/mol. The van der Waals surface area contributed by atoms with Gasteiger partial charge in [-0.3, -0.25) is 9.88 Å². The Balaban J connectivity index is 1.84. The molecule has 0 saturated heterocycles. The van der Waals surface area contributed by atoms with Crippen LogP contribution in [0.25, 0.3) is 0 Å². The molecule has 0 amide bonds. The number of rotatable bonds is 4. The lowest BCUT2D eigenvalue weighted by Crippen LogP contribution is -2.25. The number of nitrogens with zero attached hydrogens (tertiary/aromatic N) is 2. The zero-order valence-corrected chi connectivity index (χ0v) is 14.4. The van der Waals surface area contributed by atoms with Gasteiger partial charge in [0, 0.05) is 19.3 Å². The van der Waals surface area contributed by atoms with Crippen LogP contribution in [0.5, 0.6) is 0 Å². The average Bonchev–Trinajstić information content (AvgIpc) is 2.91. The minimum absolute atomic E-state index is 0.00450. The second kappa shape index (κ2) is 6.72. The van der Waals surface area contributed by atoms with Gasteiger partial charge in [-0.2, -0.15) is 13.2 Å². The summed E-state index contributed by atoms with van der Waals surface area (Å²) in [6.07, 6.45) is -2.99. The van der Waals surface area contributed by atoms with Crippen molar-refractivity contribution < 1.29 is 23.1 Å². The minimum Gasteiger partial charge on any atom is -0.478 e. The van der Waals surface area contributed by atoms with E-state index in [1.54, 1.807) is 6.07 Å². The van der Waals surface area contributed by atoms with Gasteiger partial charge in [0.2, 0.25) is 0 Å². The lowest BCUT2D eigenvalue weighted by atomic mass is 9.99. The highest BCUT2D eigenvalue weighted by Crippen LogP contribution is 2.39. The Kier molecular flexibility index (Phi) is 4.75. The molecule has 0 spiro atoms. The molecule has 0 radical (unpaired) electrons. The van der Waals surface area contributed by atoms with E-state index in [1.165, 1.54) is 18.3 Å². The van der Waals surface area contributed by atoms with E-state index in [1.807, 2.05) is 13.8 Å². The Labute approximate surface area is 149 Å². The summed E-state index contributed by atoms with van der Waals surface area (Å²) in [7, 11) is 0. The first-order valence-electron chi connectivity index (χ1n) is 8.29. The van der Waals surface area contributed by atoms with Crippen molar-refractivity contribution in [3.63, 3.8) is 0 Å². The number of pyridine rings is 1. The number of aromatic nitrogens is 1. The average molecular weight is 364 g/mol. The molecule has 0 bridgehead atoms. The van der Waals surface area contributed by atoms with Gasteiger partial charge in [0.15, 0.2) is 0 Å². The Hall–Kier alpha value is -2.41. The maximum Gasteiger partial charge on any atom is 0.416 e. The van der Waals surface area contributed by atoms with Crippen LogP contribution in [0, 0.1) is 5.92 Å². The van der Waals surface area contributed by atoms with Crippen LogP contribution < -0.4 is 0 Å². The molecule has 0 fully saturated rings. The van der Waals surface area contributed by atoms with E-state index >= 15 is 0 Å². The Morgan fingerprint density at radius 3 is 2.50 bits per heavy atom. The van der Waals surface area contributed by atoms with Gasteiger partial charge in [0.05, 0.1) is 22.9 Å². The van der Waals surface area contributed by atoms with E-state index in [9.17, 15) is 18.0 Å². The standard InChI is InChI=1S/C19H19F3N2O2/c1-11(2)17-16-14(7-13(8-23-16)18(25)26)10-24(17)9-12-3-5-15(6-4-12)19(20,21)22/h3-8,11,17H,9-10H2,1-2H3,(H,25,26)/t17-/m0/s1. The normalized spacial score (nSPS) is 17.5. The SMILES string of the molecule is CC(C)[C@H]1c2ncc(C(=O)O)cc2CN1Cc1ccc(C(F)(F)F)cc1. The molecule has 0 saturated carbocycles. The second-order valence-corrected chi connectivity index (χ2v) is 6.86. The first kappa shape index (κ1) is 18.4. The summed E-state index contributed by atoms with van der Waals surface area (Å²) in [5.41, 5.74) is 1.95. The lowest BCUT2D eigenvalue weighted by Gasteiger charge is -2.27. The van der Waals surface area contributed by atoms with Crippen molar-refractivity contribution in [2.45, 2.75) is 39.2 Å². The highest BCUT2D eigenvalue weighted by Gasteiger charge is 2.34. The molecule has 4 nitrogen and oxygen atoms in total. The minimum atomic E-state index is -4.35. The third-order valence-electron chi connectivity index (χ3n) is 4.59. The van der Waals surface area contributed by atoms with Crippen molar-refractivity contribution in [3.05, 3.63) is 64.5 Å². The fourth-order valence-corrected chi connectivity index (χ4v) is 3.45. The highest BCUT2D eigenvalue weighted by molar-refractivity contribution is 5.87. The number of fused-ring (bicyclic) bond motifs is 1. The Bertz CT molecular complexity index is 817. The topological polar surface area (TPSA) is 53.4 Å². The summed E-state index contributed by atoms with van der Waals surface area (Å²) in [6, 6.07) is 6.77. The van der Waals surface area contributed by atoms with Gasteiger partial charge in [-0.05, 0) is 35.2 Å². The molecule has 1 aliphatic rings. The summed E-state index contributed by atoms with van der Waals surface area (Å²) in [4.78, 5) is 17.6. The third kappa shape index (κ3) is 3.58. The number of alkyl halides is 3. The number of halogens is 3. The number of aromatic carboxylic acids is 1. The Morgan fingerprint density at radius 2 is 1.96 bits per heavy atom. The lowest BCUT2D eigenvalue weighted by molar-refractivity contribution is -0.137. The van der Waals surface area contributed by atoms with Crippen LogP contribution in [0.4, 0.5) is 13.2 Å². The molecule has 0 aliphatic carbocycles. The summed E-state index contributed by atoms with van der Waals surface area (Å²) in [6.45, 7) is 5.09. The van der Waals surface area contributed by atoms with Crippen LogP contribution in [-0.2, 0) is 19.3 Å². The maximum absolute atomic E-state index is 12.7. The van der Waals surface area contributed by atoms with Crippen LogP contribution >= 0.6 is 0 Å². The summed E-state index contributed by atoms with van der Waals surface area (Å²) >= 11 is 0. The zero-order valence-electron chi connectivity index (χ0n) is 14.4. The first-order valence-corrected chi connectivity index (χ1v) is 8.29. The van der Waals surface area contributed by atoms with Crippen LogP contribution in [0.2, 0.25) is 0 Å². The van der Waals surface area contributed by atoms with Crippen molar-refractivity contribution >= 4 is 5.97 Å². The van der Waals surface area contributed by atoms with E-state index in [4.69, 9.17) is 5.11 Å². The van der Waals surface area contributed by atoms with Gasteiger partial charge in [0.25, 0.3) is 0 Å².